The third-order valence-electron chi connectivity index (χ3n) is 3.21. The van der Waals surface area contributed by atoms with Crippen LogP contribution in [0.4, 0.5) is 13.2 Å². The monoisotopic (exact) mass is 316 g/mol. The molecular formula is C14H15F3N2O3. The minimum Gasteiger partial charge on any atom is -0.406 e. The second-order valence-electron chi connectivity index (χ2n) is 4.84. The largest absolute Gasteiger partial charge is 0.573 e. The molecule has 1 aliphatic rings. The average molecular weight is 316 g/mol. The average Bonchev–Trinajstić information content (AvgIpc) is 2.97. The van der Waals surface area contributed by atoms with Gasteiger partial charge in [0.05, 0.1) is 6.54 Å². The van der Waals surface area contributed by atoms with Gasteiger partial charge in [-0.15, -0.1) is 13.2 Å². The SMILES string of the molecule is O=C(NCC(=O)N1CCCC1)c1ccc(OC(F)(F)F)cc1. The maximum absolute atomic E-state index is 12.0. The van der Waals surface area contributed by atoms with Gasteiger partial charge < -0.3 is 15.0 Å². The highest BCUT2D eigenvalue weighted by Crippen LogP contribution is 2.22. The lowest BCUT2D eigenvalue weighted by Gasteiger charge is -2.15. The molecule has 8 heteroatoms. The van der Waals surface area contributed by atoms with Crippen LogP contribution >= 0.6 is 0 Å². The fourth-order valence-corrected chi connectivity index (χ4v) is 2.14. The number of carbonyl (C=O) groups is 2. The highest BCUT2D eigenvalue weighted by Gasteiger charge is 2.31. The number of carbonyl (C=O) groups excluding carboxylic acids is 2. The number of likely N-dealkylation sites (tertiary alicyclic amines) is 1. The van der Waals surface area contributed by atoms with E-state index in [1.54, 1.807) is 4.90 Å². The summed E-state index contributed by atoms with van der Waals surface area (Å²) >= 11 is 0. The first-order valence-corrected chi connectivity index (χ1v) is 6.77. The number of hydrogen-bond acceptors (Lipinski definition) is 3. The molecule has 0 aliphatic carbocycles. The van der Waals surface area contributed by atoms with Crippen LogP contribution in [0.25, 0.3) is 0 Å². The molecule has 1 saturated heterocycles. The first kappa shape index (κ1) is 16.1. The molecule has 0 aromatic heterocycles. The predicted octanol–water partition coefficient (Wildman–Crippen LogP) is 1.94. The van der Waals surface area contributed by atoms with E-state index < -0.39 is 18.0 Å². The third-order valence-corrected chi connectivity index (χ3v) is 3.21. The molecule has 1 aromatic carbocycles. The summed E-state index contributed by atoms with van der Waals surface area (Å²) in [6.45, 7) is 1.26. The van der Waals surface area contributed by atoms with Crippen molar-refractivity contribution in [2.24, 2.45) is 0 Å². The molecule has 1 aromatic rings. The van der Waals surface area contributed by atoms with Crippen LogP contribution in [0.5, 0.6) is 5.75 Å². The highest BCUT2D eigenvalue weighted by molar-refractivity contribution is 5.96. The highest BCUT2D eigenvalue weighted by atomic mass is 19.4. The molecule has 2 amide bonds. The number of hydrogen-bond donors (Lipinski definition) is 1. The summed E-state index contributed by atoms with van der Waals surface area (Å²) in [5.41, 5.74) is 0.156. The summed E-state index contributed by atoms with van der Waals surface area (Å²) in [6.07, 6.45) is -2.85. The molecule has 0 radical (unpaired) electrons. The van der Waals surface area contributed by atoms with Crippen LogP contribution in [-0.4, -0.2) is 42.7 Å². The number of alkyl halides is 3. The van der Waals surface area contributed by atoms with Gasteiger partial charge in [0.1, 0.15) is 5.75 Å². The molecule has 1 heterocycles. The number of benzene rings is 1. The molecule has 0 unspecified atom stereocenters. The van der Waals surface area contributed by atoms with Crippen molar-refractivity contribution < 1.29 is 27.5 Å². The van der Waals surface area contributed by atoms with Crippen LogP contribution in [-0.2, 0) is 4.79 Å². The Bertz CT molecular complexity index is 537. The first-order valence-electron chi connectivity index (χ1n) is 6.77. The minimum absolute atomic E-state index is 0.125. The van der Waals surface area contributed by atoms with E-state index in [-0.39, 0.29) is 18.0 Å². The molecule has 2 rings (SSSR count). The summed E-state index contributed by atoms with van der Waals surface area (Å²) < 4.78 is 39.8. The van der Waals surface area contributed by atoms with E-state index in [1.165, 1.54) is 12.1 Å². The molecule has 5 nitrogen and oxygen atoms in total. The molecule has 0 saturated carbocycles. The number of nitrogens with one attached hydrogen (secondary N) is 1. The fraction of sp³-hybridized carbons (Fsp3) is 0.429. The van der Waals surface area contributed by atoms with E-state index in [9.17, 15) is 22.8 Å². The maximum atomic E-state index is 12.0. The standard InChI is InChI=1S/C14H15F3N2O3/c15-14(16,17)22-11-5-3-10(4-6-11)13(21)18-9-12(20)19-7-1-2-8-19/h3-6H,1-2,7-9H2,(H,18,21). The zero-order valence-electron chi connectivity index (χ0n) is 11.7. The van der Waals surface area contributed by atoms with Gasteiger partial charge >= 0.3 is 6.36 Å². The van der Waals surface area contributed by atoms with Gasteiger partial charge in [0.15, 0.2) is 0 Å². The summed E-state index contributed by atoms with van der Waals surface area (Å²) in [5.74, 6) is -1.09. The second-order valence-corrected chi connectivity index (χ2v) is 4.84. The maximum Gasteiger partial charge on any atom is 0.573 e. The van der Waals surface area contributed by atoms with Crippen molar-refractivity contribution in [3.05, 3.63) is 29.8 Å². The fourth-order valence-electron chi connectivity index (χ4n) is 2.14. The Morgan fingerprint density at radius 2 is 1.73 bits per heavy atom. The zero-order valence-corrected chi connectivity index (χ0v) is 11.7. The molecule has 0 spiro atoms. The molecule has 1 N–H and O–H groups in total. The number of nitrogens with zero attached hydrogens (tertiary/aromatic N) is 1. The Morgan fingerprint density at radius 1 is 1.14 bits per heavy atom. The second kappa shape index (κ2) is 6.67. The van der Waals surface area contributed by atoms with Crippen molar-refractivity contribution in [3.8, 4) is 5.75 Å². The van der Waals surface area contributed by atoms with E-state index in [1.807, 2.05) is 0 Å². The van der Waals surface area contributed by atoms with E-state index in [0.717, 1.165) is 25.0 Å². The van der Waals surface area contributed by atoms with Crippen molar-refractivity contribution in [2.45, 2.75) is 19.2 Å². The lowest BCUT2D eigenvalue weighted by molar-refractivity contribution is -0.274. The smallest absolute Gasteiger partial charge is 0.406 e. The van der Waals surface area contributed by atoms with Gasteiger partial charge in [0.25, 0.3) is 5.91 Å². The summed E-state index contributed by atoms with van der Waals surface area (Å²) in [5, 5.41) is 2.45. The van der Waals surface area contributed by atoms with Gasteiger partial charge in [-0.05, 0) is 37.1 Å². The summed E-state index contributed by atoms with van der Waals surface area (Å²) in [4.78, 5) is 25.2. The summed E-state index contributed by atoms with van der Waals surface area (Å²) in [7, 11) is 0. The summed E-state index contributed by atoms with van der Waals surface area (Å²) in [6, 6.07) is 4.50. The number of amides is 2. The van der Waals surface area contributed by atoms with E-state index >= 15 is 0 Å². The van der Waals surface area contributed by atoms with Crippen molar-refractivity contribution >= 4 is 11.8 Å². The molecule has 22 heavy (non-hydrogen) atoms. The number of rotatable bonds is 4. The van der Waals surface area contributed by atoms with Gasteiger partial charge in [0.2, 0.25) is 5.91 Å². The minimum atomic E-state index is -4.77. The molecular weight excluding hydrogens is 301 g/mol. The van der Waals surface area contributed by atoms with Crippen LogP contribution in [0.3, 0.4) is 0 Å². The van der Waals surface area contributed by atoms with Gasteiger partial charge in [0, 0.05) is 18.7 Å². The lowest BCUT2D eigenvalue weighted by atomic mass is 10.2. The van der Waals surface area contributed by atoms with Crippen LogP contribution in [0.15, 0.2) is 24.3 Å². The van der Waals surface area contributed by atoms with Crippen molar-refractivity contribution in [1.82, 2.24) is 10.2 Å². The Kier molecular flexibility index (Phi) is 4.89. The topological polar surface area (TPSA) is 58.6 Å². The quantitative estimate of drug-likeness (QED) is 0.923. The Balaban J connectivity index is 1.85. The molecule has 0 atom stereocenters. The Hall–Kier alpha value is -2.25. The third kappa shape index (κ3) is 4.64. The van der Waals surface area contributed by atoms with Crippen molar-refractivity contribution in [2.75, 3.05) is 19.6 Å². The Morgan fingerprint density at radius 3 is 2.27 bits per heavy atom. The van der Waals surface area contributed by atoms with Crippen LogP contribution < -0.4 is 10.1 Å². The number of ether oxygens (including phenoxy) is 1. The lowest BCUT2D eigenvalue weighted by Crippen LogP contribution is -2.38. The molecule has 1 fully saturated rings. The van der Waals surface area contributed by atoms with Gasteiger partial charge in [-0.25, -0.2) is 0 Å². The van der Waals surface area contributed by atoms with E-state index in [0.29, 0.717) is 13.1 Å². The Labute approximate surface area is 125 Å². The first-order chi connectivity index (χ1) is 10.3. The molecule has 1 aliphatic heterocycles. The van der Waals surface area contributed by atoms with E-state index in [4.69, 9.17) is 0 Å². The van der Waals surface area contributed by atoms with Crippen molar-refractivity contribution in [1.29, 1.82) is 0 Å². The van der Waals surface area contributed by atoms with Crippen LogP contribution in [0, 0.1) is 0 Å². The molecule has 120 valence electrons. The van der Waals surface area contributed by atoms with Gasteiger partial charge in [-0.2, -0.15) is 0 Å². The normalized spacial score (nSPS) is 14.8. The molecule has 0 bridgehead atoms. The van der Waals surface area contributed by atoms with Crippen molar-refractivity contribution in [3.63, 3.8) is 0 Å². The van der Waals surface area contributed by atoms with Gasteiger partial charge in [-0.1, -0.05) is 0 Å². The van der Waals surface area contributed by atoms with E-state index in [2.05, 4.69) is 10.1 Å². The number of halogens is 3. The van der Waals surface area contributed by atoms with Crippen LogP contribution in [0.2, 0.25) is 0 Å². The zero-order chi connectivity index (χ0) is 16.2. The van der Waals surface area contributed by atoms with Crippen LogP contribution in [0.1, 0.15) is 23.2 Å². The van der Waals surface area contributed by atoms with Gasteiger partial charge in [-0.3, -0.25) is 9.59 Å². The predicted molar refractivity (Wildman–Crippen MR) is 71.3 cm³/mol.